The summed E-state index contributed by atoms with van der Waals surface area (Å²) >= 11 is 0. The molecule has 5 rings (SSSR count). The number of aliphatic hydroxyl groups excluding tert-OH is 2. The topological polar surface area (TPSA) is 192 Å². The number of hydrogen-bond donors (Lipinski definition) is 6. The normalized spacial score (nSPS) is 30.1. The third-order valence-corrected chi connectivity index (χ3v) is 8.19. The molecule has 2 aromatic rings. The minimum absolute atomic E-state index is 0.00284. The molecule has 214 valence electrons. The molecule has 1 aliphatic heterocycles. The van der Waals surface area contributed by atoms with E-state index in [2.05, 4.69) is 5.32 Å². The van der Waals surface area contributed by atoms with Gasteiger partial charge in [0.25, 0.3) is 0 Å². The van der Waals surface area contributed by atoms with Crippen molar-refractivity contribution in [1.82, 2.24) is 5.32 Å². The van der Waals surface area contributed by atoms with Gasteiger partial charge in [-0.3, -0.25) is 14.4 Å². The number of carbonyl (C=O) groups is 3. The summed E-state index contributed by atoms with van der Waals surface area (Å²) in [5.41, 5.74) is -2.87. The summed E-state index contributed by atoms with van der Waals surface area (Å²) in [6.07, 6.45) is -5.57. The zero-order valence-corrected chi connectivity index (χ0v) is 22.1. The smallest absolute Gasteiger partial charge is 0.207 e. The quantitative estimate of drug-likeness (QED) is 0.184. The van der Waals surface area contributed by atoms with Crippen LogP contribution in [-0.4, -0.2) is 86.9 Å². The number of hydrogen-bond acceptors (Lipinski definition) is 11. The van der Waals surface area contributed by atoms with Gasteiger partial charge in [0.1, 0.15) is 23.4 Å². The van der Waals surface area contributed by atoms with Crippen LogP contribution in [-0.2, 0) is 20.7 Å². The van der Waals surface area contributed by atoms with Crippen LogP contribution in [0.4, 0.5) is 0 Å². The van der Waals surface area contributed by atoms with Crippen LogP contribution < -0.4 is 10.1 Å². The van der Waals surface area contributed by atoms with E-state index in [1.165, 1.54) is 32.2 Å². The SMILES string of the molecule is COc1cccc2c1C(=O)c1c(O)c3c(c(O)c1C2=O)CC(O)(C(C)O)CC3O[C@H]1C[C@H](NC=O)[C@H](O)[C@H](C)O1. The number of methoxy groups -OCH3 is 1. The number of nitrogens with one attached hydrogen (secondary N) is 1. The van der Waals surface area contributed by atoms with Gasteiger partial charge in [0.15, 0.2) is 12.1 Å². The highest BCUT2D eigenvalue weighted by atomic mass is 16.7. The summed E-state index contributed by atoms with van der Waals surface area (Å²) in [5, 5.41) is 57.6. The number of amides is 1. The Morgan fingerprint density at radius 2 is 1.85 bits per heavy atom. The maximum absolute atomic E-state index is 13.7. The van der Waals surface area contributed by atoms with E-state index in [1.807, 2.05) is 0 Å². The maximum atomic E-state index is 13.7. The Morgan fingerprint density at radius 1 is 1.15 bits per heavy atom. The summed E-state index contributed by atoms with van der Waals surface area (Å²) in [4.78, 5) is 38.3. The second-order valence-electron chi connectivity index (χ2n) is 10.6. The van der Waals surface area contributed by atoms with Gasteiger partial charge in [-0.1, -0.05) is 12.1 Å². The molecule has 0 spiro atoms. The van der Waals surface area contributed by atoms with E-state index in [-0.39, 0.29) is 47.3 Å². The molecule has 2 aromatic carbocycles. The molecule has 12 heteroatoms. The maximum Gasteiger partial charge on any atom is 0.207 e. The zero-order valence-electron chi connectivity index (χ0n) is 22.1. The van der Waals surface area contributed by atoms with Crippen LogP contribution in [0, 0.1) is 0 Å². The summed E-state index contributed by atoms with van der Waals surface area (Å²) in [7, 11) is 1.34. The predicted octanol–water partition coefficient (Wildman–Crippen LogP) is 0.608. The number of ether oxygens (including phenoxy) is 3. The van der Waals surface area contributed by atoms with Crippen LogP contribution in [0.15, 0.2) is 18.2 Å². The molecule has 0 aromatic heterocycles. The van der Waals surface area contributed by atoms with Crippen molar-refractivity contribution in [2.24, 2.45) is 0 Å². The number of carbonyl (C=O) groups excluding carboxylic acids is 3. The van der Waals surface area contributed by atoms with Crippen molar-refractivity contribution in [3.8, 4) is 17.2 Å². The first-order valence-electron chi connectivity index (χ1n) is 12.9. The molecule has 1 fully saturated rings. The molecule has 40 heavy (non-hydrogen) atoms. The van der Waals surface area contributed by atoms with E-state index in [0.717, 1.165) is 0 Å². The molecule has 3 unspecified atom stereocenters. The number of rotatable bonds is 6. The molecular formula is C28H31NO11. The van der Waals surface area contributed by atoms with Gasteiger partial charge in [-0.2, -0.15) is 0 Å². The fraction of sp³-hybridized carbons (Fsp3) is 0.464. The molecule has 6 N–H and O–H groups in total. The Kier molecular flexibility index (Phi) is 7.09. The molecule has 0 radical (unpaired) electrons. The van der Waals surface area contributed by atoms with Gasteiger partial charge in [0, 0.05) is 36.0 Å². The second kappa shape index (κ2) is 10.1. The third-order valence-electron chi connectivity index (χ3n) is 8.19. The first-order chi connectivity index (χ1) is 18.9. The lowest BCUT2D eigenvalue weighted by Gasteiger charge is -2.44. The van der Waals surface area contributed by atoms with E-state index < -0.39 is 76.5 Å². The van der Waals surface area contributed by atoms with Crippen molar-refractivity contribution in [2.45, 2.75) is 75.5 Å². The Balaban J connectivity index is 1.65. The standard InChI is InChI=1S/C28H31NO11/c1-11-23(32)15(29-10-30)7-18(39-11)40-17-9-28(37,12(2)31)8-14-20(17)27(36)22-21(25(14)34)24(33)13-5-4-6-16(38-3)19(13)26(22)35/h4-6,10-12,15,17-18,23,31-32,34,36-37H,7-9H2,1-3H3,(H,29,30)/t11-,12?,15-,17?,18-,23+,28?/m0/s1. The van der Waals surface area contributed by atoms with Crippen LogP contribution in [0.1, 0.15) is 75.8 Å². The summed E-state index contributed by atoms with van der Waals surface area (Å²) in [6.45, 7) is 2.93. The van der Waals surface area contributed by atoms with E-state index in [0.29, 0.717) is 6.41 Å². The number of phenols is 2. The van der Waals surface area contributed by atoms with Gasteiger partial charge in [-0.15, -0.1) is 0 Å². The van der Waals surface area contributed by atoms with Gasteiger partial charge in [0.05, 0.1) is 53.8 Å². The first kappa shape index (κ1) is 28.0. The summed E-state index contributed by atoms with van der Waals surface area (Å²) in [5.74, 6) is -2.57. The van der Waals surface area contributed by atoms with Gasteiger partial charge in [0.2, 0.25) is 12.2 Å². The lowest BCUT2D eigenvalue weighted by Crippen LogP contribution is -2.54. The van der Waals surface area contributed by atoms with Crippen molar-refractivity contribution >= 4 is 18.0 Å². The third kappa shape index (κ3) is 4.23. The molecular weight excluding hydrogens is 526 g/mol. The summed E-state index contributed by atoms with van der Waals surface area (Å²) < 4.78 is 17.2. The molecule has 1 amide bonds. The zero-order chi connectivity index (χ0) is 29.1. The van der Waals surface area contributed by atoms with Gasteiger partial charge < -0.3 is 45.1 Å². The highest BCUT2D eigenvalue weighted by Crippen LogP contribution is 2.52. The molecule has 0 saturated carbocycles. The van der Waals surface area contributed by atoms with Crippen molar-refractivity contribution in [2.75, 3.05) is 7.11 Å². The van der Waals surface area contributed by atoms with E-state index in [4.69, 9.17) is 14.2 Å². The number of phenolic OH excluding ortho intramolecular Hbond substituents is 2. The monoisotopic (exact) mass is 557 g/mol. The second-order valence-corrected chi connectivity index (χ2v) is 10.6. The molecule has 12 nitrogen and oxygen atoms in total. The summed E-state index contributed by atoms with van der Waals surface area (Å²) in [6, 6.07) is 3.71. The first-order valence-corrected chi connectivity index (χ1v) is 12.9. The molecule has 1 saturated heterocycles. The Bertz CT molecular complexity index is 1390. The largest absolute Gasteiger partial charge is 0.507 e. The number of fused-ring (bicyclic) bond motifs is 3. The molecule has 7 atom stereocenters. The molecule has 0 bridgehead atoms. The highest BCUT2D eigenvalue weighted by Gasteiger charge is 2.49. The lowest BCUT2D eigenvalue weighted by atomic mass is 9.71. The number of benzene rings is 2. The average Bonchev–Trinajstić information content (AvgIpc) is 2.91. The Morgan fingerprint density at radius 3 is 2.50 bits per heavy atom. The number of aromatic hydroxyl groups is 2. The van der Waals surface area contributed by atoms with Crippen LogP contribution in [0.3, 0.4) is 0 Å². The fourth-order valence-electron chi connectivity index (χ4n) is 5.96. The minimum atomic E-state index is -1.85. The van der Waals surface area contributed by atoms with Crippen molar-refractivity contribution in [3.63, 3.8) is 0 Å². The van der Waals surface area contributed by atoms with E-state index in [9.17, 15) is 39.9 Å². The van der Waals surface area contributed by atoms with E-state index in [1.54, 1.807) is 6.92 Å². The van der Waals surface area contributed by atoms with Gasteiger partial charge in [-0.05, 0) is 19.9 Å². The predicted molar refractivity (Wildman–Crippen MR) is 136 cm³/mol. The van der Waals surface area contributed by atoms with Crippen LogP contribution in [0.25, 0.3) is 0 Å². The highest BCUT2D eigenvalue weighted by molar-refractivity contribution is 6.31. The van der Waals surface area contributed by atoms with Crippen LogP contribution >= 0.6 is 0 Å². The average molecular weight is 558 g/mol. The Hall–Kier alpha value is -3.55. The van der Waals surface area contributed by atoms with E-state index >= 15 is 0 Å². The van der Waals surface area contributed by atoms with Crippen molar-refractivity contribution < 1.29 is 54.1 Å². The molecule has 3 aliphatic rings. The van der Waals surface area contributed by atoms with Gasteiger partial charge in [-0.25, -0.2) is 0 Å². The van der Waals surface area contributed by atoms with Crippen LogP contribution in [0.5, 0.6) is 17.2 Å². The molecule has 2 aliphatic carbocycles. The molecule has 1 heterocycles. The van der Waals surface area contributed by atoms with Crippen molar-refractivity contribution in [1.29, 1.82) is 0 Å². The van der Waals surface area contributed by atoms with Gasteiger partial charge >= 0.3 is 0 Å². The van der Waals surface area contributed by atoms with Crippen molar-refractivity contribution in [3.05, 3.63) is 51.6 Å². The number of aliphatic hydroxyl groups is 3. The number of ketones is 2. The minimum Gasteiger partial charge on any atom is -0.507 e. The fourth-order valence-corrected chi connectivity index (χ4v) is 5.96. The Labute approximate surface area is 229 Å². The lowest BCUT2D eigenvalue weighted by molar-refractivity contribution is -0.252. The van der Waals surface area contributed by atoms with Crippen LogP contribution in [0.2, 0.25) is 0 Å².